The number of pyridine rings is 1. The number of hydrogen-bond donors (Lipinski definition) is 1. The lowest BCUT2D eigenvalue weighted by atomic mass is 10.1. The Bertz CT molecular complexity index is 457. The normalized spacial score (nSPS) is 16.9. The molecule has 1 heterocycles. The number of carboxylic acids is 1. The number of aromatic nitrogens is 1. The highest BCUT2D eigenvalue weighted by molar-refractivity contribution is 6.33. The molecule has 1 saturated carbocycles. The van der Waals surface area contributed by atoms with Gasteiger partial charge in [0.2, 0.25) is 0 Å². The van der Waals surface area contributed by atoms with Crippen LogP contribution < -0.4 is 4.90 Å². The molecule has 0 aliphatic heterocycles. The van der Waals surface area contributed by atoms with E-state index >= 15 is 0 Å². The Labute approximate surface area is 118 Å². The average Bonchev–Trinajstić information content (AvgIpc) is 2.67. The lowest BCUT2D eigenvalue weighted by Crippen LogP contribution is -2.31. The minimum absolute atomic E-state index is 0.118. The zero-order valence-corrected chi connectivity index (χ0v) is 11.9. The lowest BCUT2D eigenvalue weighted by Gasteiger charge is -2.28. The topological polar surface area (TPSA) is 53.4 Å². The van der Waals surface area contributed by atoms with E-state index in [1.54, 1.807) is 6.07 Å². The summed E-state index contributed by atoms with van der Waals surface area (Å²) in [5.41, 5.74) is 0.118. The van der Waals surface area contributed by atoms with E-state index in [0.29, 0.717) is 11.9 Å². The van der Waals surface area contributed by atoms with Crippen LogP contribution in [0, 0.1) is 0 Å². The van der Waals surface area contributed by atoms with Crippen molar-refractivity contribution in [2.75, 3.05) is 11.9 Å². The smallest absolute Gasteiger partial charge is 0.337 e. The third-order valence-electron chi connectivity index (χ3n) is 3.81. The number of anilines is 1. The highest BCUT2D eigenvalue weighted by atomic mass is 35.5. The van der Waals surface area contributed by atoms with E-state index < -0.39 is 5.97 Å². The number of carbonyl (C=O) groups is 1. The molecule has 1 N–H and O–H groups in total. The largest absolute Gasteiger partial charge is 0.478 e. The van der Waals surface area contributed by atoms with Gasteiger partial charge in [0, 0.05) is 19.3 Å². The molecule has 1 aliphatic rings. The first-order valence-corrected chi connectivity index (χ1v) is 7.09. The van der Waals surface area contributed by atoms with E-state index in [-0.39, 0.29) is 10.6 Å². The van der Waals surface area contributed by atoms with Crippen molar-refractivity contribution in [3.63, 3.8) is 0 Å². The fourth-order valence-electron chi connectivity index (χ4n) is 2.62. The summed E-state index contributed by atoms with van der Waals surface area (Å²) in [5, 5.41) is 9.28. The Morgan fingerprint density at radius 2 is 2.00 bits per heavy atom. The second-order valence-corrected chi connectivity index (χ2v) is 5.49. The lowest BCUT2D eigenvalue weighted by molar-refractivity contribution is 0.0697. The molecular weight excluding hydrogens is 264 g/mol. The van der Waals surface area contributed by atoms with Gasteiger partial charge in [0.25, 0.3) is 0 Å². The van der Waals surface area contributed by atoms with Crippen LogP contribution in [-0.4, -0.2) is 29.1 Å². The van der Waals surface area contributed by atoms with Crippen molar-refractivity contribution in [3.8, 4) is 0 Å². The highest BCUT2D eigenvalue weighted by Crippen LogP contribution is 2.26. The zero-order chi connectivity index (χ0) is 13.8. The second kappa shape index (κ2) is 6.24. The van der Waals surface area contributed by atoms with Gasteiger partial charge in [0.1, 0.15) is 5.82 Å². The van der Waals surface area contributed by atoms with Crippen LogP contribution in [0.15, 0.2) is 12.3 Å². The van der Waals surface area contributed by atoms with Crippen molar-refractivity contribution >= 4 is 23.4 Å². The van der Waals surface area contributed by atoms with E-state index in [2.05, 4.69) is 9.88 Å². The number of halogens is 1. The monoisotopic (exact) mass is 282 g/mol. The molecule has 0 radical (unpaired) electrons. The molecule has 0 saturated heterocycles. The molecule has 0 bridgehead atoms. The van der Waals surface area contributed by atoms with Crippen molar-refractivity contribution in [2.24, 2.45) is 0 Å². The minimum atomic E-state index is -1.01. The molecule has 1 aromatic heterocycles. The second-order valence-electron chi connectivity index (χ2n) is 5.08. The maximum absolute atomic E-state index is 11.1. The Morgan fingerprint density at radius 3 is 2.58 bits per heavy atom. The molecule has 4 nitrogen and oxygen atoms in total. The van der Waals surface area contributed by atoms with Crippen molar-refractivity contribution < 1.29 is 9.90 Å². The van der Waals surface area contributed by atoms with Crippen LogP contribution in [0.4, 0.5) is 5.82 Å². The van der Waals surface area contributed by atoms with Crippen molar-refractivity contribution in [1.29, 1.82) is 0 Å². The van der Waals surface area contributed by atoms with Crippen LogP contribution in [0.3, 0.4) is 0 Å². The molecule has 1 aliphatic carbocycles. The van der Waals surface area contributed by atoms with Gasteiger partial charge in [-0.1, -0.05) is 37.3 Å². The van der Waals surface area contributed by atoms with Crippen LogP contribution >= 0.6 is 11.6 Å². The van der Waals surface area contributed by atoms with E-state index in [1.807, 2.05) is 7.05 Å². The van der Waals surface area contributed by atoms with Gasteiger partial charge >= 0.3 is 5.97 Å². The van der Waals surface area contributed by atoms with Gasteiger partial charge in [-0.3, -0.25) is 0 Å². The van der Waals surface area contributed by atoms with E-state index in [9.17, 15) is 4.79 Å². The molecule has 1 fully saturated rings. The van der Waals surface area contributed by atoms with Crippen LogP contribution in [-0.2, 0) is 0 Å². The summed E-state index contributed by atoms with van der Waals surface area (Å²) < 4.78 is 0. The van der Waals surface area contributed by atoms with Crippen molar-refractivity contribution in [2.45, 2.75) is 44.6 Å². The molecule has 0 aromatic carbocycles. The van der Waals surface area contributed by atoms with Crippen molar-refractivity contribution in [3.05, 3.63) is 22.8 Å². The molecule has 104 valence electrons. The molecular formula is C14H19ClN2O2. The van der Waals surface area contributed by atoms with Crippen LogP contribution in [0.5, 0.6) is 0 Å². The average molecular weight is 283 g/mol. The molecule has 0 spiro atoms. The number of rotatable bonds is 3. The third-order valence-corrected chi connectivity index (χ3v) is 4.11. The summed E-state index contributed by atoms with van der Waals surface area (Å²) in [7, 11) is 1.98. The standard InChI is InChI=1S/C14H19ClN2O2/c1-17(10-6-4-2-3-5-7-10)13-8-11(14(18)19)12(15)9-16-13/h8-10H,2-7H2,1H3,(H,18,19). The fourth-order valence-corrected chi connectivity index (χ4v) is 2.80. The first-order valence-electron chi connectivity index (χ1n) is 6.71. The molecule has 0 amide bonds. The first kappa shape index (κ1) is 14.1. The van der Waals surface area contributed by atoms with Crippen LogP contribution in [0.25, 0.3) is 0 Å². The van der Waals surface area contributed by atoms with Crippen LogP contribution in [0.2, 0.25) is 5.02 Å². The first-order chi connectivity index (χ1) is 9.09. The predicted molar refractivity (Wildman–Crippen MR) is 76.1 cm³/mol. The van der Waals surface area contributed by atoms with Gasteiger partial charge in [0.05, 0.1) is 10.6 Å². The Hall–Kier alpha value is -1.29. The Balaban J connectivity index is 2.20. The molecule has 2 rings (SSSR count). The van der Waals surface area contributed by atoms with Crippen molar-refractivity contribution in [1.82, 2.24) is 4.98 Å². The Kier molecular flexibility index (Phi) is 4.64. The molecule has 0 unspecified atom stereocenters. The van der Waals surface area contributed by atoms with Gasteiger partial charge in [-0.05, 0) is 18.9 Å². The maximum Gasteiger partial charge on any atom is 0.337 e. The third kappa shape index (κ3) is 3.38. The van der Waals surface area contributed by atoms with E-state index in [1.165, 1.54) is 31.9 Å². The van der Waals surface area contributed by atoms with Gasteiger partial charge in [-0.15, -0.1) is 0 Å². The number of hydrogen-bond acceptors (Lipinski definition) is 3. The van der Waals surface area contributed by atoms with Crippen LogP contribution in [0.1, 0.15) is 48.9 Å². The summed E-state index contributed by atoms with van der Waals surface area (Å²) in [5.74, 6) is -0.323. The fraction of sp³-hybridized carbons (Fsp3) is 0.571. The number of nitrogens with zero attached hydrogens (tertiary/aromatic N) is 2. The molecule has 0 atom stereocenters. The van der Waals surface area contributed by atoms with E-state index in [0.717, 1.165) is 12.8 Å². The summed E-state index contributed by atoms with van der Waals surface area (Å²) >= 11 is 5.85. The van der Waals surface area contributed by atoms with Gasteiger partial charge in [0.15, 0.2) is 0 Å². The van der Waals surface area contributed by atoms with Gasteiger partial charge < -0.3 is 10.0 Å². The van der Waals surface area contributed by atoms with Gasteiger partial charge in [-0.25, -0.2) is 9.78 Å². The summed E-state index contributed by atoms with van der Waals surface area (Å²) in [6.45, 7) is 0. The van der Waals surface area contributed by atoms with E-state index in [4.69, 9.17) is 16.7 Å². The summed E-state index contributed by atoms with van der Waals surface area (Å²) in [4.78, 5) is 17.4. The summed E-state index contributed by atoms with van der Waals surface area (Å²) in [6.07, 6.45) is 8.75. The Morgan fingerprint density at radius 1 is 1.37 bits per heavy atom. The maximum atomic E-state index is 11.1. The van der Waals surface area contributed by atoms with Gasteiger partial charge in [-0.2, -0.15) is 0 Å². The highest BCUT2D eigenvalue weighted by Gasteiger charge is 2.20. The molecule has 5 heteroatoms. The molecule has 1 aromatic rings. The zero-order valence-electron chi connectivity index (χ0n) is 11.1. The minimum Gasteiger partial charge on any atom is -0.478 e. The SMILES string of the molecule is CN(c1cc(C(=O)O)c(Cl)cn1)C1CCCCCC1. The number of carboxylic acid groups (broad SMARTS) is 1. The summed E-state index contributed by atoms with van der Waals surface area (Å²) in [6, 6.07) is 2.01. The quantitative estimate of drug-likeness (QED) is 0.861. The molecule has 19 heavy (non-hydrogen) atoms. The number of aromatic carboxylic acids is 1. The predicted octanol–water partition coefficient (Wildman–Crippen LogP) is 3.59.